The molecule has 0 saturated heterocycles. The summed E-state index contributed by atoms with van der Waals surface area (Å²) in [5, 5.41) is 12.8. The highest BCUT2D eigenvalue weighted by Crippen LogP contribution is 2.37. The summed E-state index contributed by atoms with van der Waals surface area (Å²) in [5.74, 6) is -0.315. The van der Waals surface area contributed by atoms with Gasteiger partial charge in [0.25, 0.3) is 0 Å². The van der Waals surface area contributed by atoms with Gasteiger partial charge in [-0.2, -0.15) is 13.2 Å². The number of halogens is 3. The first-order chi connectivity index (χ1) is 20.0. The highest BCUT2D eigenvalue weighted by molar-refractivity contribution is 5.77. The standard InChI is InChI=1S/C28H33F3N8O4/c1-26(2,3)43-25(40)38(6)9-10-42-24-33-13-18(14-34-24)17-7-8-21(32-12-17)36-22-19(28(29,30)31)11-20-23(37-22)39(16-35-20)15-27(4,5)41/h7-8,11-14,16,41H,9-10,15H2,1-6H3,(H,32,36,37). The van der Waals surface area contributed by atoms with Crippen molar-refractivity contribution in [3.05, 3.63) is 48.7 Å². The fraction of sp³-hybridized carbons (Fsp3) is 0.429. The lowest BCUT2D eigenvalue weighted by atomic mass is 10.1. The van der Waals surface area contributed by atoms with E-state index in [0.717, 1.165) is 6.07 Å². The van der Waals surface area contributed by atoms with Gasteiger partial charge >= 0.3 is 18.3 Å². The lowest BCUT2D eigenvalue weighted by Crippen LogP contribution is -2.36. The highest BCUT2D eigenvalue weighted by atomic mass is 19.4. The van der Waals surface area contributed by atoms with E-state index in [0.29, 0.717) is 11.1 Å². The summed E-state index contributed by atoms with van der Waals surface area (Å²) >= 11 is 0. The molecule has 2 N–H and O–H groups in total. The molecule has 1 amide bonds. The van der Waals surface area contributed by atoms with Gasteiger partial charge in [-0.05, 0) is 52.8 Å². The van der Waals surface area contributed by atoms with Crippen molar-refractivity contribution in [1.29, 1.82) is 0 Å². The smallest absolute Gasteiger partial charge is 0.420 e. The van der Waals surface area contributed by atoms with Gasteiger partial charge in [0, 0.05) is 36.8 Å². The Morgan fingerprint density at radius 1 is 1.02 bits per heavy atom. The first-order valence-corrected chi connectivity index (χ1v) is 13.3. The maximum Gasteiger partial charge on any atom is 0.420 e. The van der Waals surface area contributed by atoms with Gasteiger partial charge in [0.15, 0.2) is 5.65 Å². The Bertz CT molecular complexity index is 1560. The van der Waals surface area contributed by atoms with Crippen LogP contribution in [0.4, 0.5) is 29.6 Å². The number of aliphatic hydroxyl groups is 1. The van der Waals surface area contributed by atoms with Crippen LogP contribution in [0.3, 0.4) is 0 Å². The van der Waals surface area contributed by atoms with E-state index in [9.17, 15) is 23.1 Å². The molecule has 0 aliphatic heterocycles. The number of nitrogens with zero attached hydrogens (tertiary/aromatic N) is 7. The third-order valence-electron chi connectivity index (χ3n) is 5.79. The summed E-state index contributed by atoms with van der Waals surface area (Å²) in [4.78, 5) is 34.2. The number of carbonyl (C=O) groups excluding carboxylic acids is 1. The van der Waals surface area contributed by atoms with Crippen LogP contribution < -0.4 is 10.1 Å². The number of alkyl halides is 3. The molecule has 0 fully saturated rings. The quantitative estimate of drug-likeness (QED) is 0.267. The summed E-state index contributed by atoms with van der Waals surface area (Å²) in [6.45, 7) is 8.99. The van der Waals surface area contributed by atoms with E-state index >= 15 is 0 Å². The topological polar surface area (TPSA) is 140 Å². The number of hydrogen-bond acceptors (Lipinski definition) is 10. The van der Waals surface area contributed by atoms with Crippen molar-refractivity contribution >= 4 is 28.9 Å². The summed E-state index contributed by atoms with van der Waals surface area (Å²) < 4.78 is 53.9. The molecule has 4 aromatic heterocycles. The molecule has 0 atom stereocenters. The van der Waals surface area contributed by atoms with Crippen LogP contribution in [0.5, 0.6) is 6.01 Å². The number of hydrogen-bond donors (Lipinski definition) is 2. The highest BCUT2D eigenvalue weighted by Gasteiger charge is 2.36. The van der Waals surface area contributed by atoms with E-state index in [1.165, 1.54) is 40.5 Å². The number of imidazole rings is 1. The molecule has 230 valence electrons. The fourth-order valence-electron chi connectivity index (χ4n) is 3.83. The zero-order valence-electron chi connectivity index (χ0n) is 24.6. The van der Waals surface area contributed by atoms with Crippen molar-refractivity contribution in [1.82, 2.24) is 34.4 Å². The van der Waals surface area contributed by atoms with Gasteiger partial charge in [0.2, 0.25) is 0 Å². The molecule has 15 heteroatoms. The van der Waals surface area contributed by atoms with E-state index in [-0.39, 0.29) is 42.7 Å². The van der Waals surface area contributed by atoms with Crippen LogP contribution >= 0.6 is 0 Å². The number of ether oxygens (including phenoxy) is 2. The normalized spacial score (nSPS) is 12.3. The molecule has 4 rings (SSSR count). The second-order valence-corrected chi connectivity index (χ2v) is 11.5. The van der Waals surface area contributed by atoms with Gasteiger partial charge in [-0.15, -0.1) is 0 Å². The van der Waals surface area contributed by atoms with E-state index in [2.05, 4.69) is 30.2 Å². The van der Waals surface area contributed by atoms with Crippen molar-refractivity contribution in [2.45, 2.75) is 58.5 Å². The molecule has 0 unspecified atom stereocenters. The first kappa shape index (κ1) is 31.4. The Labute approximate surface area is 245 Å². The van der Waals surface area contributed by atoms with E-state index in [1.54, 1.807) is 47.7 Å². The lowest BCUT2D eigenvalue weighted by molar-refractivity contribution is -0.137. The Morgan fingerprint density at radius 2 is 1.70 bits per heavy atom. The zero-order valence-corrected chi connectivity index (χ0v) is 24.6. The van der Waals surface area contributed by atoms with Crippen molar-refractivity contribution in [3.63, 3.8) is 0 Å². The molecule has 4 aromatic rings. The van der Waals surface area contributed by atoms with Crippen LogP contribution in [0.15, 0.2) is 43.1 Å². The third-order valence-corrected chi connectivity index (χ3v) is 5.79. The number of pyridine rings is 2. The van der Waals surface area contributed by atoms with Crippen LogP contribution in [0.25, 0.3) is 22.3 Å². The maximum absolute atomic E-state index is 13.9. The van der Waals surface area contributed by atoms with Gasteiger partial charge in [0.1, 0.15) is 34.9 Å². The largest absolute Gasteiger partial charge is 0.462 e. The SMILES string of the molecule is CN(CCOc1ncc(-c2ccc(Nc3nc4c(cc3C(F)(F)F)ncn4CC(C)(C)O)nc2)cn1)C(=O)OC(C)(C)C. The molecule has 0 radical (unpaired) electrons. The van der Waals surface area contributed by atoms with Gasteiger partial charge in [-0.25, -0.2) is 29.7 Å². The van der Waals surface area contributed by atoms with Crippen molar-refractivity contribution < 1.29 is 32.5 Å². The molecule has 0 aromatic carbocycles. The van der Waals surface area contributed by atoms with Crippen LogP contribution in [0.1, 0.15) is 40.2 Å². The Balaban J connectivity index is 1.43. The fourth-order valence-corrected chi connectivity index (χ4v) is 3.83. The average Bonchev–Trinajstić information content (AvgIpc) is 3.27. The number of rotatable bonds is 9. The van der Waals surface area contributed by atoms with Gasteiger partial charge in [0.05, 0.1) is 25.0 Å². The second kappa shape index (κ2) is 12.0. The summed E-state index contributed by atoms with van der Waals surface area (Å²) in [5.41, 5.74) is -1.28. The zero-order chi connectivity index (χ0) is 31.6. The summed E-state index contributed by atoms with van der Waals surface area (Å²) in [6.07, 6.45) is 0.669. The summed E-state index contributed by atoms with van der Waals surface area (Å²) in [7, 11) is 1.60. The van der Waals surface area contributed by atoms with E-state index < -0.39 is 34.9 Å². The molecule has 0 aliphatic rings. The Kier molecular flexibility index (Phi) is 8.76. The van der Waals surface area contributed by atoms with Crippen molar-refractivity contribution in [2.75, 3.05) is 25.5 Å². The number of fused-ring (bicyclic) bond motifs is 1. The molecular weight excluding hydrogens is 569 g/mol. The Morgan fingerprint density at radius 3 is 2.28 bits per heavy atom. The minimum absolute atomic E-state index is 0.0490. The molecule has 0 aliphatic carbocycles. The van der Waals surface area contributed by atoms with Crippen LogP contribution in [0.2, 0.25) is 0 Å². The molecule has 4 heterocycles. The molecular formula is C28H33F3N8O4. The monoisotopic (exact) mass is 602 g/mol. The van der Waals surface area contributed by atoms with E-state index in [1.807, 2.05) is 0 Å². The lowest BCUT2D eigenvalue weighted by Gasteiger charge is -2.24. The molecule has 0 saturated carbocycles. The number of aromatic nitrogens is 6. The molecule has 0 spiro atoms. The van der Waals surface area contributed by atoms with Crippen molar-refractivity contribution in [3.8, 4) is 17.1 Å². The van der Waals surface area contributed by atoms with Gasteiger partial charge in [-0.1, -0.05) is 0 Å². The van der Waals surface area contributed by atoms with Crippen molar-refractivity contribution in [2.24, 2.45) is 0 Å². The summed E-state index contributed by atoms with van der Waals surface area (Å²) in [6, 6.07) is 4.18. The number of likely N-dealkylation sites (N-methyl/N-ethyl adjacent to an activating group) is 1. The number of carbonyl (C=O) groups is 1. The second-order valence-electron chi connectivity index (χ2n) is 11.5. The molecule has 43 heavy (non-hydrogen) atoms. The van der Waals surface area contributed by atoms with E-state index in [4.69, 9.17) is 9.47 Å². The average molecular weight is 603 g/mol. The molecule has 0 bridgehead atoms. The van der Waals surface area contributed by atoms with Crippen LogP contribution in [-0.4, -0.2) is 77.0 Å². The van der Waals surface area contributed by atoms with Crippen LogP contribution in [0, 0.1) is 0 Å². The predicted molar refractivity (Wildman–Crippen MR) is 152 cm³/mol. The maximum atomic E-state index is 13.9. The van der Waals surface area contributed by atoms with Gasteiger partial charge in [-0.3, -0.25) is 0 Å². The Hall–Kier alpha value is -4.53. The first-order valence-electron chi connectivity index (χ1n) is 13.3. The minimum atomic E-state index is -4.70. The number of anilines is 2. The number of nitrogens with one attached hydrogen (secondary N) is 1. The van der Waals surface area contributed by atoms with Crippen LogP contribution in [-0.2, 0) is 17.5 Å². The number of amides is 1. The predicted octanol–water partition coefficient (Wildman–Crippen LogP) is 5.06. The minimum Gasteiger partial charge on any atom is -0.462 e. The third kappa shape index (κ3) is 8.50. The van der Waals surface area contributed by atoms with Gasteiger partial charge < -0.3 is 29.4 Å². The molecule has 12 nitrogen and oxygen atoms in total.